The zero-order valence-electron chi connectivity index (χ0n) is 9.57. The van der Waals surface area contributed by atoms with Crippen molar-refractivity contribution >= 4 is 29.2 Å². The van der Waals surface area contributed by atoms with Crippen molar-refractivity contribution in [2.24, 2.45) is 5.73 Å². The Morgan fingerprint density at radius 3 is 2.50 bits per heavy atom. The highest BCUT2D eigenvalue weighted by Gasteiger charge is 2.40. The minimum absolute atomic E-state index is 0.0254. The highest BCUT2D eigenvalue weighted by Crippen LogP contribution is 2.30. The first-order valence-electron chi connectivity index (χ1n) is 5.55. The monoisotopic (exact) mass is 268 g/mol. The van der Waals surface area contributed by atoms with Gasteiger partial charge in [-0.25, -0.2) is 4.79 Å². The van der Waals surface area contributed by atoms with E-state index in [9.17, 15) is 9.59 Å². The van der Waals surface area contributed by atoms with Crippen LogP contribution in [-0.2, 0) is 4.79 Å². The summed E-state index contributed by atoms with van der Waals surface area (Å²) in [5.74, 6) is -1.40. The Bertz CT molecular complexity index is 512. The number of amides is 1. The third kappa shape index (κ3) is 2.47. The minimum Gasteiger partial charge on any atom is -0.478 e. The molecule has 2 rings (SSSR count). The van der Waals surface area contributed by atoms with Crippen LogP contribution in [0.15, 0.2) is 18.2 Å². The Hall–Kier alpha value is -1.59. The van der Waals surface area contributed by atoms with E-state index in [1.54, 1.807) is 0 Å². The maximum atomic E-state index is 11.9. The molecule has 0 bridgehead atoms. The summed E-state index contributed by atoms with van der Waals surface area (Å²) in [6, 6.07) is 4.17. The normalized spacial score (nSPS) is 16.8. The van der Waals surface area contributed by atoms with Crippen LogP contribution in [0, 0.1) is 0 Å². The molecule has 4 N–H and O–H groups in total. The molecule has 1 fully saturated rings. The third-order valence-corrected chi connectivity index (χ3v) is 3.32. The van der Waals surface area contributed by atoms with Gasteiger partial charge < -0.3 is 16.2 Å². The van der Waals surface area contributed by atoms with Crippen molar-refractivity contribution < 1.29 is 14.7 Å². The second-order valence-corrected chi connectivity index (χ2v) is 4.93. The molecule has 18 heavy (non-hydrogen) atoms. The summed E-state index contributed by atoms with van der Waals surface area (Å²) >= 11 is 5.79. The number of hydrogen-bond acceptors (Lipinski definition) is 3. The second-order valence-electron chi connectivity index (χ2n) is 4.50. The van der Waals surface area contributed by atoms with E-state index in [-0.39, 0.29) is 16.5 Å². The maximum absolute atomic E-state index is 11.9. The molecular weight excluding hydrogens is 256 g/mol. The van der Waals surface area contributed by atoms with E-state index >= 15 is 0 Å². The molecule has 0 radical (unpaired) electrons. The average Bonchev–Trinajstić information content (AvgIpc) is 2.24. The summed E-state index contributed by atoms with van der Waals surface area (Å²) < 4.78 is 0. The van der Waals surface area contributed by atoms with Crippen LogP contribution >= 0.6 is 11.6 Å². The SMILES string of the molecule is NC1(C(=O)Nc2cc(Cl)cc(C(=O)O)c2)CCC1. The summed E-state index contributed by atoms with van der Waals surface area (Å²) in [6.45, 7) is 0. The van der Waals surface area contributed by atoms with Crippen molar-refractivity contribution in [3.8, 4) is 0 Å². The summed E-state index contributed by atoms with van der Waals surface area (Å²) in [7, 11) is 0. The van der Waals surface area contributed by atoms with Crippen LogP contribution in [0.25, 0.3) is 0 Å². The largest absolute Gasteiger partial charge is 0.478 e. The van der Waals surface area contributed by atoms with E-state index in [2.05, 4.69) is 5.32 Å². The predicted molar refractivity (Wildman–Crippen MR) is 67.8 cm³/mol. The average molecular weight is 269 g/mol. The number of carboxylic acid groups (broad SMARTS) is 1. The lowest BCUT2D eigenvalue weighted by molar-refractivity contribution is -0.123. The molecule has 1 amide bonds. The van der Waals surface area contributed by atoms with Gasteiger partial charge >= 0.3 is 5.97 Å². The van der Waals surface area contributed by atoms with E-state index in [0.717, 1.165) is 6.42 Å². The van der Waals surface area contributed by atoms with Gasteiger partial charge in [-0.05, 0) is 37.5 Å². The van der Waals surface area contributed by atoms with Crippen molar-refractivity contribution in [1.82, 2.24) is 0 Å². The number of carboxylic acids is 1. The van der Waals surface area contributed by atoms with Crippen LogP contribution in [0.4, 0.5) is 5.69 Å². The molecule has 1 aromatic rings. The fourth-order valence-electron chi connectivity index (χ4n) is 1.83. The molecule has 5 nitrogen and oxygen atoms in total. The first-order chi connectivity index (χ1) is 8.40. The van der Waals surface area contributed by atoms with E-state index in [1.807, 2.05) is 0 Å². The van der Waals surface area contributed by atoms with Gasteiger partial charge in [0.2, 0.25) is 5.91 Å². The molecule has 1 saturated carbocycles. The molecule has 0 unspecified atom stereocenters. The molecule has 0 heterocycles. The standard InChI is InChI=1S/C12H13ClN2O3/c13-8-4-7(10(16)17)5-9(6-8)15-11(18)12(14)2-1-3-12/h4-6H,1-3,14H2,(H,15,18)(H,16,17). The van der Waals surface area contributed by atoms with Gasteiger partial charge in [-0.15, -0.1) is 0 Å². The van der Waals surface area contributed by atoms with Crippen LogP contribution in [0.2, 0.25) is 5.02 Å². The Morgan fingerprint density at radius 2 is 2.00 bits per heavy atom. The highest BCUT2D eigenvalue weighted by molar-refractivity contribution is 6.31. The second kappa shape index (κ2) is 4.59. The molecule has 0 atom stereocenters. The van der Waals surface area contributed by atoms with Gasteiger partial charge in [-0.1, -0.05) is 11.6 Å². The van der Waals surface area contributed by atoms with Gasteiger partial charge in [0.25, 0.3) is 0 Å². The Labute approximate surface area is 109 Å². The lowest BCUT2D eigenvalue weighted by Gasteiger charge is -2.36. The molecule has 1 aliphatic rings. The number of nitrogens with one attached hydrogen (secondary N) is 1. The zero-order valence-corrected chi connectivity index (χ0v) is 10.3. The smallest absolute Gasteiger partial charge is 0.335 e. The Balaban J connectivity index is 2.18. The van der Waals surface area contributed by atoms with E-state index < -0.39 is 11.5 Å². The maximum Gasteiger partial charge on any atom is 0.335 e. The molecule has 0 aromatic heterocycles. The number of carbonyl (C=O) groups excluding carboxylic acids is 1. The summed E-state index contributed by atoms with van der Waals surface area (Å²) in [6.07, 6.45) is 2.22. The van der Waals surface area contributed by atoms with Crippen LogP contribution in [0.3, 0.4) is 0 Å². The van der Waals surface area contributed by atoms with Crippen molar-refractivity contribution in [2.45, 2.75) is 24.8 Å². The van der Waals surface area contributed by atoms with Gasteiger partial charge in [0.1, 0.15) is 0 Å². The Kier molecular flexibility index (Phi) is 3.28. The van der Waals surface area contributed by atoms with Crippen molar-refractivity contribution in [1.29, 1.82) is 0 Å². The number of nitrogens with two attached hydrogens (primary N) is 1. The van der Waals surface area contributed by atoms with E-state index in [1.165, 1.54) is 18.2 Å². The molecule has 0 saturated heterocycles. The van der Waals surface area contributed by atoms with Gasteiger partial charge in [0.05, 0.1) is 11.1 Å². The third-order valence-electron chi connectivity index (χ3n) is 3.10. The number of benzene rings is 1. The lowest BCUT2D eigenvalue weighted by Crippen LogP contribution is -2.56. The van der Waals surface area contributed by atoms with Gasteiger partial charge in [0, 0.05) is 10.7 Å². The summed E-state index contributed by atoms with van der Waals surface area (Å²) in [5.41, 5.74) is 5.42. The number of halogens is 1. The van der Waals surface area contributed by atoms with E-state index in [0.29, 0.717) is 18.5 Å². The van der Waals surface area contributed by atoms with E-state index in [4.69, 9.17) is 22.4 Å². The zero-order chi connectivity index (χ0) is 13.3. The van der Waals surface area contributed by atoms with Crippen molar-refractivity contribution in [2.75, 3.05) is 5.32 Å². The molecule has 0 spiro atoms. The number of carbonyl (C=O) groups is 2. The molecule has 0 aliphatic heterocycles. The molecule has 1 aliphatic carbocycles. The summed E-state index contributed by atoms with van der Waals surface area (Å²) in [5, 5.41) is 11.8. The number of hydrogen-bond donors (Lipinski definition) is 3. The number of anilines is 1. The Morgan fingerprint density at radius 1 is 1.33 bits per heavy atom. The summed E-state index contributed by atoms with van der Waals surface area (Å²) in [4.78, 5) is 22.7. The molecule has 96 valence electrons. The number of aromatic carboxylic acids is 1. The quantitative estimate of drug-likeness (QED) is 0.780. The van der Waals surface area contributed by atoms with Gasteiger partial charge in [-0.3, -0.25) is 4.79 Å². The lowest BCUT2D eigenvalue weighted by atomic mass is 9.77. The molecular formula is C12H13ClN2O3. The highest BCUT2D eigenvalue weighted by atomic mass is 35.5. The van der Waals surface area contributed by atoms with Crippen molar-refractivity contribution in [3.05, 3.63) is 28.8 Å². The van der Waals surface area contributed by atoms with Gasteiger partial charge in [0.15, 0.2) is 0 Å². The van der Waals surface area contributed by atoms with Crippen LogP contribution < -0.4 is 11.1 Å². The van der Waals surface area contributed by atoms with Crippen LogP contribution in [0.5, 0.6) is 0 Å². The van der Waals surface area contributed by atoms with Crippen molar-refractivity contribution in [3.63, 3.8) is 0 Å². The van der Waals surface area contributed by atoms with Crippen LogP contribution in [-0.4, -0.2) is 22.5 Å². The fourth-order valence-corrected chi connectivity index (χ4v) is 2.06. The van der Waals surface area contributed by atoms with Gasteiger partial charge in [-0.2, -0.15) is 0 Å². The topological polar surface area (TPSA) is 92.4 Å². The number of rotatable bonds is 3. The first kappa shape index (κ1) is 12.9. The van der Waals surface area contributed by atoms with Crippen LogP contribution in [0.1, 0.15) is 29.6 Å². The minimum atomic E-state index is -1.10. The molecule has 1 aromatic carbocycles. The fraction of sp³-hybridized carbons (Fsp3) is 0.333. The predicted octanol–water partition coefficient (Wildman–Crippen LogP) is 1.86. The first-order valence-corrected chi connectivity index (χ1v) is 5.93. The molecule has 6 heteroatoms.